The molecule has 0 radical (unpaired) electrons. The summed E-state index contributed by atoms with van der Waals surface area (Å²) >= 11 is 5.87. The van der Waals surface area contributed by atoms with E-state index in [0.717, 1.165) is 25.9 Å². The molecule has 0 amide bonds. The number of carbonyl (C=O) groups is 1. The number of aromatic nitrogens is 1. The van der Waals surface area contributed by atoms with Gasteiger partial charge in [-0.15, -0.1) is 0 Å². The summed E-state index contributed by atoms with van der Waals surface area (Å²) < 4.78 is 0. The van der Waals surface area contributed by atoms with Gasteiger partial charge in [-0.25, -0.2) is 9.78 Å². The van der Waals surface area contributed by atoms with Gasteiger partial charge in [0.1, 0.15) is 5.82 Å². The highest BCUT2D eigenvalue weighted by atomic mass is 35.5. The van der Waals surface area contributed by atoms with E-state index in [1.807, 2.05) is 0 Å². The van der Waals surface area contributed by atoms with Crippen molar-refractivity contribution in [3.8, 4) is 0 Å². The highest BCUT2D eigenvalue weighted by Gasteiger charge is 2.18. The zero-order chi connectivity index (χ0) is 14.8. The Morgan fingerprint density at radius 3 is 2.29 bits per heavy atom. The molecule has 2 aromatic rings. The van der Waals surface area contributed by atoms with E-state index in [9.17, 15) is 4.79 Å². The van der Waals surface area contributed by atoms with Crippen molar-refractivity contribution in [2.75, 3.05) is 18.0 Å². The summed E-state index contributed by atoms with van der Waals surface area (Å²) in [6, 6.07) is 11.8. The van der Waals surface area contributed by atoms with Gasteiger partial charge in [0.15, 0.2) is 5.69 Å². The molecule has 0 aliphatic carbocycles. The minimum atomic E-state index is -1.10. The maximum Gasteiger partial charge on any atom is 0.356 e. The van der Waals surface area contributed by atoms with E-state index in [1.165, 1.54) is 11.1 Å². The van der Waals surface area contributed by atoms with Gasteiger partial charge >= 0.3 is 5.97 Å². The molecule has 0 spiro atoms. The summed E-state index contributed by atoms with van der Waals surface area (Å²) in [5.74, 6) is -0.426. The first-order valence-corrected chi connectivity index (χ1v) is 7.24. The van der Waals surface area contributed by atoms with Crippen LogP contribution in [0, 0.1) is 0 Å². The minimum absolute atomic E-state index is 0.0871. The van der Waals surface area contributed by atoms with E-state index in [0.29, 0.717) is 5.82 Å². The van der Waals surface area contributed by atoms with Gasteiger partial charge < -0.3 is 10.0 Å². The van der Waals surface area contributed by atoms with Crippen molar-refractivity contribution in [3.63, 3.8) is 0 Å². The molecule has 3 rings (SSSR count). The molecule has 2 heterocycles. The topological polar surface area (TPSA) is 53.4 Å². The third kappa shape index (κ3) is 2.85. The van der Waals surface area contributed by atoms with Crippen molar-refractivity contribution < 1.29 is 9.90 Å². The van der Waals surface area contributed by atoms with Crippen LogP contribution in [-0.2, 0) is 12.8 Å². The predicted octanol–water partition coefficient (Wildman–Crippen LogP) is 3.04. The van der Waals surface area contributed by atoms with Crippen LogP contribution in [0.1, 0.15) is 21.6 Å². The highest BCUT2D eigenvalue weighted by molar-refractivity contribution is 6.33. The lowest BCUT2D eigenvalue weighted by atomic mass is 10.0. The van der Waals surface area contributed by atoms with Gasteiger partial charge in [-0.2, -0.15) is 0 Å². The number of anilines is 1. The Morgan fingerprint density at radius 1 is 1.10 bits per heavy atom. The number of carboxylic acid groups (broad SMARTS) is 1. The number of fused-ring (bicyclic) bond motifs is 1. The van der Waals surface area contributed by atoms with Crippen molar-refractivity contribution in [2.24, 2.45) is 0 Å². The quantitative estimate of drug-likeness (QED) is 0.926. The Hall–Kier alpha value is -2.07. The number of hydrogen-bond acceptors (Lipinski definition) is 3. The van der Waals surface area contributed by atoms with Crippen molar-refractivity contribution in [3.05, 3.63) is 58.2 Å². The van der Waals surface area contributed by atoms with E-state index < -0.39 is 5.97 Å². The molecule has 1 aliphatic heterocycles. The summed E-state index contributed by atoms with van der Waals surface area (Å²) in [6.07, 6.45) is 1.87. The molecule has 21 heavy (non-hydrogen) atoms. The molecule has 1 N–H and O–H groups in total. The second kappa shape index (κ2) is 5.74. The van der Waals surface area contributed by atoms with Gasteiger partial charge in [0.05, 0.1) is 5.02 Å². The number of benzene rings is 1. The molecule has 108 valence electrons. The maximum absolute atomic E-state index is 11.1. The summed E-state index contributed by atoms with van der Waals surface area (Å²) in [5, 5.41) is 9.29. The smallest absolute Gasteiger partial charge is 0.356 e. The number of nitrogens with zero attached hydrogens (tertiary/aromatic N) is 2. The van der Waals surface area contributed by atoms with Crippen molar-refractivity contribution in [1.29, 1.82) is 0 Å². The van der Waals surface area contributed by atoms with E-state index in [1.54, 1.807) is 12.1 Å². The van der Waals surface area contributed by atoms with Crippen LogP contribution in [0.5, 0.6) is 0 Å². The number of hydrogen-bond donors (Lipinski definition) is 1. The predicted molar refractivity (Wildman–Crippen MR) is 82.3 cm³/mol. The molecule has 5 heteroatoms. The second-order valence-electron chi connectivity index (χ2n) is 5.06. The van der Waals surface area contributed by atoms with E-state index >= 15 is 0 Å². The fraction of sp³-hybridized carbons (Fsp3) is 0.250. The Labute approximate surface area is 128 Å². The molecule has 4 nitrogen and oxygen atoms in total. The molecule has 0 fully saturated rings. The molecule has 0 saturated carbocycles. The van der Waals surface area contributed by atoms with E-state index in [4.69, 9.17) is 16.7 Å². The van der Waals surface area contributed by atoms with Crippen LogP contribution in [-0.4, -0.2) is 29.1 Å². The van der Waals surface area contributed by atoms with Crippen LogP contribution in [0.15, 0.2) is 36.4 Å². The van der Waals surface area contributed by atoms with Gasteiger partial charge in [-0.05, 0) is 36.1 Å². The Morgan fingerprint density at radius 2 is 1.71 bits per heavy atom. The summed E-state index contributed by atoms with van der Waals surface area (Å²) in [6.45, 7) is 1.65. The number of aromatic carboxylic acids is 1. The Balaban J connectivity index is 1.86. The zero-order valence-electron chi connectivity index (χ0n) is 11.4. The lowest BCUT2D eigenvalue weighted by molar-refractivity contribution is 0.0691. The van der Waals surface area contributed by atoms with Gasteiger partial charge in [-0.3, -0.25) is 0 Å². The second-order valence-corrected chi connectivity index (χ2v) is 5.47. The van der Waals surface area contributed by atoms with Crippen molar-refractivity contribution >= 4 is 23.4 Å². The Bertz CT molecular complexity index is 661. The van der Waals surface area contributed by atoms with Gasteiger partial charge in [0.2, 0.25) is 0 Å². The first kappa shape index (κ1) is 13.9. The average Bonchev–Trinajstić information content (AvgIpc) is 2.70. The lowest BCUT2D eigenvalue weighted by Crippen LogP contribution is -2.27. The third-order valence-electron chi connectivity index (χ3n) is 3.78. The molecule has 0 unspecified atom stereocenters. The summed E-state index contributed by atoms with van der Waals surface area (Å²) in [4.78, 5) is 17.4. The van der Waals surface area contributed by atoms with E-state index in [-0.39, 0.29) is 10.7 Å². The first-order valence-electron chi connectivity index (χ1n) is 6.87. The van der Waals surface area contributed by atoms with Crippen LogP contribution in [0.3, 0.4) is 0 Å². The van der Waals surface area contributed by atoms with Crippen LogP contribution in [0.4, 0.5) is 5.82 Å². The fourth-order valence-electron chi connectivity index (χ4n) is 2.65. The van der Waals surface area contributed by atoms with Crippen molar-refractivity contribution in [2.45, 2.75) is 12.8 Å². The number of halogens is 1. The van der Waals surface area contributed by atoms with Gasteiger partial charge in [-0.1, -0.05) is 35.9 Å². The number of rotatable bonds is 2. The molecule has 1 aromatic carbocycles. The molecule has 0 atom stereocenters. The minimum Gasteiger partial charge on any atom is -0.476 e. The fourth-order valence-corrected chi connectivity index (χ4v) is 2.84. The van der Waals surface area contributed by atoms with E-state index in [2.05, 4.69) is 34.1 Å². The van der Waals surface area contributed by atoms with Gasteiger partial charge in [0.25, 0.3) is 0 Å². The summed E-state index contributed by atoms with van der Waals surface area (Å²) in [7, 11) is 0. The maximum atomic E-state index is 11.1. The monoisotopic (exact) mass is 302 g/mol. The first-order chi connectivity index (χ1) is 10.1. The molecule has 0 bridgehead atoms. The highest BCUT2D eigenvalue weighted by Crippen LogP contribution is 2.22. The number of pyridine rings is 1. The summed E-state index contributed by atoms with van der Waals surface area (Å²) in [5.41, 5.74) is 2.62. The molecular weight excluding hydrogens is 288 g/mol. The van der Waals surface area contributed by atoms with Crippen LogP contribution >= 0.6 is 11.6 Å². The standard InChI is InChI=1S/C16H15ClN2O2/c17-13-5-6-14(18-15(13)16(20)21)19-9-7-11-3-1-2-4-12(11)8-10-19/h1-6H,7-10H2,(H,20,21). The lowest BCUT2D eigenvalue weighted by Gasteiger charge is -2.21. The molecular formula is C16H15ClN2O2. The van der Waals surface area contributed by atoms with Gasteiger partial charge in [0, 0.05) is 13.1 Å². The molecule has 1 aliphatic rings. The van der Waals surface area contributed by atoms with Crippen LogP contribution in [0.25, 0.3) is 0 Å². The van der Waals surface area contributed by atoms with Crippen LogP contribution in [0.2, 0.25) is 5.02 Å². The largest absolute Gasteiger partial charge is 0.476 e. The van der Waals surface area contributed by atoms with Crippen molar-refractivity contribution in [1.82, 2.24) is 4.98 Å². The molecule has 1 aromatic heterocycles. The normalized spacial score (nSPS) is 14.4. The SMILES string of the molecule is O=C(O)c1nc(N2CCc3ccccc3CC2)ccc1Cl. The number of carboxylic acids is 1. The average molecular weight is 303 g/mol. The Kier molecular flexibility index (Phi) is 3.80. The zero-order valence-corrected chi connectivity index (χ0v) is 12.2. The van der Waals surface area contributed by atoms with Crippen LogP contribution < -0.4 is 4.90 Å². The molecule has 0 saturated heterocycles. The third-order valence-corrected chi connectivity index (χ3v) is 4.08.